The summed E-state index contributed by atoms with van der Waals surface area (Å²) in [5.74, 6) is -1.29. The maximum absolute atomic E-state index is 13.0. The van der Waals surface area contributed by atoms with E-state index in [1.54, 1.807) is 23.8 Å². The third-order valence-electron chi connectivity index (χ3n) is 4.49. The third kappa shape index (κ3) is 6.15. The molecule has 0 unspecified atom stereocenters. The topological polar surface area (TPSA) is 75.7 Å². The van der Waals surface area contributed by atoms with Crippen LogP contribution in [-0.4, -0.2) is 36.3 Å². The monoisotopic (exact) mass is 468 g/mol. The Kier molecular flexibility index (Phi) is 7.97. The zero-order chi connectivity index (χ0) is 23.1. The highest BCUT2D eigenvalue weighted by molar-refractivity contribution is 7.15. The number of likely N-dealkylation sites (N-methyl/N-ethyl adjacent to an activating group) is 1. The Morgan fingerprint density at radius 2 is 1.84 bits per heavy atom. The molecule has 0 bridgehead atoms. The lowest BCUT2D eigenvalue weighted by Crippen LogP contribution is -2.30. The molecule has 3 aromatic rings. The molecular weight excluding hydrogens is 444 g/mol. The first-order valence-corrected chi connectivity index (χ1v) is 11.7. The van der Waals surface area contributed by atoms with Crippen LogP contribution in [0.1, 0.15) is 29.8 Å². The average Bonchev–Trinajstić information content (AvgIpc) is 3.41. The van der Waals surface area contributed by atoms with Crippen LogP contribution >= 0.6 is 22.7 Å². The molecule has 32 heavy (non-hydrogen) atoms. The normalized spacial score (nSPS) is 10.3. The third-order valence-corrected chi connectivity index (χ3v) is 6.12. The Hall–Kier alpha value is -3.23. The van der Waals surface area contributed by atoms with Crippen LogP contribution < -0.4 is 5.32 Å². The van der Waals surface area contributed by atoms with Gasteiger partial charge in [-0.05, 0) is 41.8 Å². The number of anilines is 1. The number of carbonyl (C=O) groups is 3. The maximum Gasteiger partial charge on any atom is 0.342 e. The van der Waals surface area contributed by atoms with Gasteiger partial charge in [0, 0.05) is 30.6 Å². The lowest BCUT2D eigenvalue weighted by Gasteiger charge is -2.16. The van der Waals surface area contributed by atoms with Crippen LogP contribution in [0.2, 0.25) is 0 Å². The first-order chi connectivity index (χ1) is 15.3. The van der Waals surface area contributed by atoms with Crippen LogP contribution in [0, 0.1) is 0 Å². The Morgan fingerprint density at radius 1 is 1.09 bits per heavy atom. The van der Waals surface area contributed by atoms with Gasteiger partial charge in [-0.1, -0.05) is 35.9 Å². The minimum absolute atomic E-state index is 0.241. The second-order valence-corrected chi connectivity index (χ2v) is 9.05. The first kappa shape index (κ1) is 23.4. The molecule has 1 N–H and O–H groups in total. The zero-order valence-corrected chi connectivity index (χ0v) is 19.7. The molecule has 166 valence electrons. The molecule has 2 aromatic heterocycles. The summed E-state index contributed by atoms with van der Waals surface area (Å²) in [6.45, 7) is 3.69. The van der Waals surface area contributed by atoms with Gasteiger partial charge in [-0.25, -0.2) is 4.79 Å². The van der Waals surface area contributed by atoms with Crippen LogP contribution in [0.5, 0.6) is 0 Å². The Balaban J connectivity index is 1.78. The number of rotatable bonds is 8. The number of esters is 1. The fourth-order valence-electron chi connectivity index (χ4n) is 2.95. The summed E-state index contributed by atoms with van der Waals surface area (Å²) in [6.07, 6.45) is 1.46. The van der Waals surface area contributed by atoms with Crippen molar-refractivity contribution in [3.8, 4) is 11.1 Å². The summed E-state index contributed by atoms with van der Waals surface area (Å²) >= 11 is 2.80. The smallest absolute Gasteiger partial charge is 0.342 e. The Morgan fingerprint density at radius 3 is 2.50 bits per heavy atom. The van der Waals surface area contributed by atoms with Crippen molar-refractivity contribution >= 4 is 45.5 Å². The molecule has 3 rings (SSSR count). The van der Waals surface area contributed by atoms with Gasteiger partial charge < -0.3 is 15.0 Å². The van der Waals surface area contributed by atoms with Gasteiger partial charge in [0.05, 0.1) is 0 Å². The van der Waals surface area contributed by atoms with Crippen molar-refractivity contribution in [1.29, 1.82) is 0 Å². The van der Waals surface area contributed by atoms with E-state index in [1.165, 1.54) is 22.3 Å². The summed E-state index contributed by atoms with van der Waals surface area (Å²) in [5, 5.41) is 8.86. The number of hydrogen-bond donors (Lipinski definition) is 1. The molecule has 0 aliphatic heterocycles. The number of nitrogens with zero attached hydrogens (tertiary/aromatic N) is 1. The van der Waals surface area contributed by atoms with Crippen LogP contribution in [0.4, 0.5) is 5.00 Å². The summed E-state index contributed by atoms with van der Waals surface area (Å²) in [4.78, 5) is 39.2. The van der Waals surface area contributed by atoms with Crippen molar-refractivity contribution in [3.05, 3.63) is 75.3 Å². The largest absolute Gasteiger partial charge is 0.452 e. The molecule has 2 heterocycles. The van der Waals surface area contributed by atoms with E-state index in [9.17, 15) is 14.4 Å². The molecule has 0 saturated heterocycles. The molecular formula is C24H24N2O4S2. The minimum Gasteiger partial charge on any atom is -0.452 e. The molecule has 0 atom stereocenters. The zero-order valence-electron chi connectivity index (χ0n) is 18.1. The van der Waals surface area contributed by atoms with Crippen molar-refractivity contribution in [1.82, 2.24) is 4.90 Å². The quantitative estimate of drug-likeness (QED) is 0.364. The number of nitrogens with one attached hydrogen (secondary N) is 1. The first-order valence-electron chi connectivity index (χ1n) is 9.90. The van der Waals surface area contributed by atoms with E-state index < -0.39 is 5.97 Å². The van der Waals surface area contributed by atoms with Crippen LogP contribution in [0.15, 0.2) is 64.2 Å². The van der Waals surface area contributed by atoms with Crippen LogP contribution in [-0.2, 0) is 20.9 Å². The van der Waals surface area contributed by atoms with Gasteiger partial charge in [-0.2, -0.15) is 11.3 Å². The van der Waals surface area contributed by atoms with Crippen molar-refractivity contribution in [2.24, 2.45) is 0 Å². The lowest BCUT2D eigenvalue weighted by molar-refractivity contribution is -0.133. The van der Waals surface area contributed by atoms with Crippen molar-refractivity contribution in [2.45, 2.75) is 20.4 Å². The van der Waals surface area contributed by atoms with Crippen molar-refractivity contribution in [3.63, 3.8) is 0 Å². The molecule has 0 saturated carbocycles. The fraction of sp³-hybridized carbons (Fsp3) is 0.208. The van der Waals surface area contributed by atoms with Crippen molar-refractivity contribution < 1.29 is 19.1 Å². The molecule has 1 aromatic carbocycles. The number of carbonyl (C=O) groups excluding carboxylic acids is 3. The van der Waals surface area contributed by atoms with Crippen LogP contribution in [0.3, 0.4) is 0 Å². The van der Waals surface area contributed by atoms with Crippen molar-refractivity contribution in [2.75, 3.05) is 19.0 Å². The number of amides is 2. The molecule has 0 fully saturated rings. The predicted octanol–water partition coefficient (Wildman–Crippen LogP) is 5.20. The van der Waals surface area contributed by atoms with E-state index in [-0.39, 0.29) is 24.0 Å². The second kappa shape index (κ2) is 10.9. The van der Waals surface area contributed by atoms with Gasteiger partial charge in [0.15, 0.2) is 6.61 Å². The summed E-state index contributed by atoms with van der Waals surface area (Å²) in [7, 11) is 1.67. The van der Waals surface area contributed by atoms with Gasteiger partial charge in [0.25, 0.3) is 5.91 Å². The van der Waals surface area contributed by atoms with E-state index >= 15 is 0 Å². The van der Waals surface area contributed by atoms with E-state index in [4.69, 9.17) is 4.74 Å². The van der Waals surface area contributed by atoms with Crippen LogP contribution in [0.25, 0.3) is 11.1 Å². The number of benzene rings is 1. The Bertz CT molecular complexity index is 1110. The fourth-order valence-corrected chi connectivity index (χ4v) is 4.57. The van der Waals surface area contributed by atoms with Gasteiger partial charge in [-0.3, -0.25) is 9.59 Å². The number of allylic oxidation sites excluding steroid dienone is 1. The molecule has 2 amide bonds. The van der Waals surface area contributed by atoms with Gasteiger partial charge in [0.2, 0.25) is 5.91 Å². The average molecular weight is 469 g/mol. The van der Waals surface area contributed by atoms with Gasteiger partial charge in [0.1, 0.15) is 10.6 Å². The summed E-state index contributed by atoms with van der Waals surface area (Å²) in [6, 6.07) is 11.3. The lowest BCUT2D eigenvalue weighted by atomic mass is 10.0. The Labute approximate surface area is 195 Å². The van der Waals surface area contributed by atoms with E-state index in [0.717, 1.165) is 16.7 Å². The standard InChI is InChI=1S/C24H24N2O4S2/c1-16(2)11-20(27)25-23-22(19(15-32-23)18-7-5-4-6-8-18)24(29)30-13-21(28)26(3)12-17-9-10-31-14-17/h4-11,14-15H,12-13H2,1-3H3,(H,25,27). The van der Waals surface area contributed by atoms with E-state index in [2.05, 4.69) is 5.32 Å². The number of ether oxygens (including phenoxy) is 1. The minimum atomic E-state index is -0.658. The number of hydrogen-bond acceptors (Lipinski definition) is 6. The second-order valence-electron chi connectivity index (χ2n) is 7.39. The molecule has 8 heteroatoms. The molecule has 0 aliphatic rings. The highest BCUT2D eigenvalue weighted by Gasteiger charge is 2.24. The maximum atomic E-state index is 13.0. The molecule has 0 aliphatic carbocycles. The molecule has 0 spiro atoms. The molecule has 6 nitrogen and oxygen atoms in total. The van der Waals surface area contributed by atoms with E-state index in [1.807, 2.05) is 61.0 Å². The summed E-state index contributed by atoms with van der Waals surface area (Å²) in [5.41, 5.74) is 3.56. The highest BCUT2D eigenvalue weighted by Crippen LogP contribution is 2.36. The number of thiophene rings is 2. The molecule has 0 radical (unpaired) electrons. The van der Waals surface area contributed by atoms with E-state index in [0.29, 0.717) is 17.1 Å². The SMILES string of the molecule is CC(C)=CC(=O)Nc1scc(-c2ccccc2)c1C(=O)OCC(=O)N(C)Cc1ccsc1. The highest BCUT2D eigenvalue weighted by atomic mass is 32.1. The van der Waals surface area contributed by atoms with Gasteiger partial charge >= 0.3 is 5.97 Å². The summed E-state index contributed by atoms with van der Waals surface area (Å²) < 4.78 is 5.37. The van der Waals surface area contributed by atoms with Gasteiger partial charge in [-0.15, -0.1) is 11.3 Å². The predicted molar refractivity (Wildman–Crippen MR) is 129 cm³/mol.